The van der Waals surface area contributed by atoms with Gasteiger partial charge in [-0.3, -0.25) is 14.8 Å². The highest BCUT2D eigenvalue weighted by molar-refractivity contribution is 5.36. The molecule has 2 heterocycles. The van der Waals surface area contributed by atoms with Crippen LogP contribution in [0.1, 0.15) is 11.3 Å². The highest BCUT2D eigenvalue weighted by Gasteiger charge is 2.10. The van der Waals surface area contributed by atoms with Crippen LogP contribution < -0.4 is 5.56 Å². The van der Waals surface area contributed by atoms with E-state index in [0.29, 0.717) is 31.0 Å². The van der Waals surface area contributed by atoms with E-state index in [2.05, 4.69) is 15.0 Å². The van der Waals surface area contributed by atoms with Gasteiger partial charge in [0.15, 0.2) is 5.65 Å². The highest BCUT2D eigenvalue weighted by Crippen LogP contribution is 2.08. The fourth-order valence-electron chi connectivity index (χ4n) is 2.48. The molecule has 6 heteroatoms. The van der Waals surface area contributed by atoms with Crippen molar-refractivity contribution >= 4 is 5.65 Å². The predicted octanol–water partition coefficient (Wildman–Crippen LogP) is 1.02. The summed E-state index contributed by atoms with van der Waals surface area (Å²) >= 11 is 0. The van der Waals surface area contributed by atoms with E-state index in [4.69, 9.17) is 0 Å². The van der Waals surface area contributed by atoms with E-state index in [1.165, 1.54) is 10.6 Å². The van der Waals surface area contributed by atoms with Crippen molar-refractivity contribution in [1.82, 2.24) is 19.5 Å². The van der Waals surface area contributed by atoms with Crippen LogP contribution in [0.4, 0.5) is 0 Å². The molecule has 0 aliphatic rings. The third-order valence-electron chi connectivity index (χ3n) is 3.48. The van der Waals surface area contributed by atoms with Gasteiger partial charge in [-0.2, -0.15) is 0 Å². The number of rotatable bonds is 6. The SMILES string of the molecule is O=c1cc(CN(CCO)Cc2ccccc2)nc2cc[nH]n12. The third-order valence-corrected chi connectivity index (χ3v) is 3.48. The number of aliphatic hydroxyl groups excluding tert-OH is 1. The molecule has 114 valence electrons. The van der Waals surface area contributed by atoms with Crippen molar-refractivity contribution in [2.45, 2.75) is 13.1 Å². The number of benzene rings is 1. The van der Waals surface area contributed by atoms with E-state index in [-0.39, 0.29) is 12.2 Å². The maximum absolute atomic E-state index is 12.0. The van der Waals surface area contributed by atoms with Crippen LogP contribution in [0.2, 0.25) is 0 Å². The lowest BCUT2D eigenvalue weighted by Crippen LogP contribution is -2.27. The van der Waals surface area contributed by atoms with Gasteiger partial charge in [-0.05, 0) is 5.56 Å². The quantitative estimate of drug-likeness (QED) is 0.712. The molecule has 0 unspecified atom stereocenters. The topological polar surface area (TPSA) is 73.6 Å². The molecule has 0 amide bonds. The summed E-state index contributed by atoms with van der Waals surface area (Å²) < 4.78 is 1.40. The Labute approximate surface area is 127 Å². The molecule has 0 radical (unpaired) electrons. The largest absolute Gasteiger partial charge is 0.395 e. The van der Waals surface area contributed by atoms with Crippen molar-refractivity contribution in [3.8, 4) is 0 Å². The summed E-state index contributed by atoms with van der Waals surface area (Å²) in [7, 11) is 0. The molecule has 0 saturated carbocycles. The van der Waals surface area contributed by atoms with Crippen LogP contribution >= 0.6 is 0 Å². The zero-order valence-electron chi connectivity index (χ0n) is 12.1. The van der Waals surface area contributed by atoms with E-state index in [9.17, 15) is 9.90 Å². The normalized spacial score (nSPS) is 11.4. The average molecular weight is 298 g/mol. The van der Waals surface area contributed by atoms with Crippen LogP contribution in [0.25, 0.3) is 5.65 Å². The van der Waals surface area contributed by atoms with E-state index in [1.807, 2.05) is 30.3 Å². The summed E-state index contributed by atoms with van der Waals surface area (Å²) in [5.41, 5.74) is 2.34. The third kappa shape index (κ3) is 3.24. The molecule has 2 N–H and O–H groups in total. The smallest absolute Gasteiger partial charge is 0.272 e. The molecule has 0 atom stereocenters. The molecule has 0 spiro atoms. The fraction of sp³-hybridized carbons (Fsp3) is 0.250. The Morgan fingerprint density at radius 1 is 1.18 bits per heavy atom. The monoisotopic (exact) mass is 298 g/mol. The Morgan fingerprint density at radius 3 is 2.77 bits per heavy atom. The molecule has 6 nitrogen and oxygen atoms in total. The van der Waals surface area contributed by atoms with Gasteiger partial charge < -0.3 is 5.11 Å². The Kier molecular flexibility index (Phi) is 4.32. The first-order chi connectivity index (χ1) is 10.8. The van der Waals surface area contributed by atoms with Crippen molar-refractivity contribution in [2.75, 3.05) is 13.2 Å². The molecule has 0 fully saturated rings. The van der Waals surface area contributed by atoms with Crippen molar-refractivity contribution in [3.05, 3.63) is 70.3 Å². The minimum atomic E-state index is -0.131. The summed E-state index contributed by atoms with van der Waals surface area (Å²) in [6, 6.07) is 13.3. The Bertz CT molecular complexity index is 795. The van der Waals surface area contributed by atoms with Crippen molar-refractivity contribution in [2.24, 2.45) is 0 Å². The minimum Gasteiger partial charge on any atom is -0.395 e. The first-order valence-corrected chi connectivity index (χ1v) is 7.19. The standard InChI is InChI=1S/C16H18N4O2/c21-9-8-19(11-13-4-2-1-3-5-13)12-14-10-16(22)20-15(18-14)6-7-17-20/h1-7,10,17,21H,8-9,11-12H2. The fourth-order valence-corrected chi connectivity index (χ4v) is 2.48. The van der Waals surface area contributed by atoms with Gasteiger partial charge in [0.2, 0.25) is 0 Å². The van der Waals surface area contributed by atoms with Gasteiger partial charge in [0.1, 0.15) is 0 Å². The first kappa shape index (κ1) is 14.5. The van der Waals surface area contributed by atoms with Gasteiger partial charge in [-0.15, -0.1) is 0 Å². The lowest BCUT2D eigenvalue weighted by molar-refractivity contribution is 0.183. The number of hydrogen-bond acceptors (Lipinski definition) is 4. The van der Waals surface area contributed by atoms with Crippen LogP contribution in [0.15, 0.2) is 53.5 Å². The Morgan fingerprint density at radius 2 is 2.00 bits per heavy atom. The van der Waals surface area contributed by atoms with Gasteiger partial charge in [0, 0.05) is 38.0 Å². The highest BCUT2D eigenvalue weighted by atomic mass is 16.3. The number of nitrogens with one attached hydrogen (secondary N) is 1. The Balaban J connectivity index is 1.81. The molecule has 0 aliphatic heterocycles. The molecule has 2 aromatic heterocycles. The number of H-pyrrole nitrogens is 1. The van der Waals surface area contributed by atoms with E-state index in [0.717, 1.165) is 5.56 Å². The summed E-state index contributed by atoms with van der Waals surface area (Å²) in [6.07, 6.45) is 1.68. The van der Waals surface area contributed by atoms with Gasteiger partial charge in [0.05, 0.1) is 12.3 Å². The maximum Gasteiger partial charge on any atom is 0.272 e. The number of aromatic nitrogens is 3. The van der Waals surface area contributed by atoms with Crippen LogP contribution in [0.3, 0.4) is 0 Å². The second-order valence-corrected chi connectivity index (χ2v) is 5.16. The second kappa shape index (κ2) is 6.55. The van der Waals surface area contributed by atoms with Gasteiger partial charge >= 0.3 is 0 Å². The summed E-state index contributed by atoms with van der Waals surface area (Å²) in [4.78, 5) is 18.5. The number of hydrogen-bond donors (Lipinski definition) is 2. The summed E-state index contributed by atoms with van der Waals surface area (Å²) in [6.45, 7) is 1.82. The molecular formula is C16H18N4O2. The lowest BCUT2D eigenvalue weighted by Gasteiger charge is -2.21. The predicted molar refractivity (Wildman–Crippen MR) is 83.5 cm³/mol. The van der Waals surface area contributed by atoms with Gasteiger partial charge in [0.25, 0.3) is 5.56 Å². The number of aromatic amines is 1. The lowest BCUT2D eigenvalue weighted by atomic mass is 10.2. The second-order valence-electron chi connectivity index (χ2n) is 5.16. The molecule has 3 rings (SSSR count). The number of aliphatic hydroxyl groups is 1. The minimum absolute atomic E-state index is 0.0677. The zero-order chi connectivity index (χ0) is 15.4. The van der Waals surface area contributed by atoms with Gasteiger partial charge in [-0.25, -0.2) is 9.50 Å². The molecule has 0 bridgehead atoms. The average Bonchev–Trinajstić information content (AvgIpc) is 2.97. The van der Waals surface area contributed by atoms with Crippen molar-refractivity contribution in [3.63, 3.8) is 0 Å². The van der Waals surface area contributed by atoms with Crippen LogP contribution in [0, 0.1) is 0 Å². The van der Waals surface area contributed by atoms with Crippen molar-refractivity contribution < 1.29 is 5.11 Å². The first-order valence-electron chi connectivity index (χ1n) is 7.19. The summed E-state index contributed by atoms with van der Waals surface area (Å²) in [5.74, 6) is 0. The van der Waals surface area contributed by atoms with Crippen LogP contribution in [-0.2, 0) is 13.1 Å². The number of nitrogens with zero attached hydrogens (tertiary/aromatic N) is 3. The maximum atomic E-state index is 12.0. The zero-order valence-corrected chi connectivity index (χ0v) is 12.1. The molecule has 22 heavy (non-hydrogen) atoms. The van der Waals surface area contributed by atoms with Gasteiger partial charge in [-0.1, -0.05) is 30.3 Å². The molecule has 0 aliphatic carbocycles. The van der Waals surface area contributed by atoms with E-state index in [1.54, 1.807) is 12.3 Å². The molecular weight excluding hydrogens is 280 g/mol. The van der Waals surface area contributed by atoms with E-state index < -0.39 is 0 Å². The van der Waals surface area contributed by atoms with Crippen molar-refractivity contribution in [1.29, 1.82) is 0 Å². The molecule has 1 aromatic carbocycles. The Hall–Kier alpha value is -2.44. The molecule has 3 aromatic rings. The number of fused-ring (bicyclic) bond motifs is 1. The summed E-state index contributed by atoms with van der Waals surface area (Å²) in [5, 5.41) is 12.1. The van der Waals surface area contributed by atoms with E-state index >= 15 is 0 Å². The molecule has 0 saturated heterocycles. The van der Waals surface area contributed by atoms with Crippen LogP contribution in [0.5, 0.6) is 0 Å². The van der Waals surface area contributed by atoms with Crippen LogP contribution in [-0.4, -0.2) is 37.8 Å².